The highest BCUT2D eigenvalue weighted by atomic mass is 19.2. The molecule has 1 aliphatic rings. The Kier molecular flexibility index (Phi) is 5.26. The van der Waals surface area contributed by atoms with Gasteiger partial charge < -0.3 is 19.7 Å². The summed E-state index contributed by atoms with van der Waals surface area (Å²) in [4.78, 5) is 21.2. The number of carbonyl (C=O) groups excluding carboxylic acids is 1. The number of H-pyrrole nitrogens is 1. The standard InChI is InChI=1S/C23H19F4N5O2/c1-23(27)2-4-32(5-3-23)21-16(26)6-12(10-29-21)20-9-18(31-34-20)22(33)30-19-11-28-17-8-15(25)14(24)7-13(17)19/h6-11,28H,2-5H2,1H3,(H,30,33). The Morgan fingerprint density at radius 2 is 1.85 bits per heavy atom. The van der Waals surface area contributed by atoms with E-state index in [1.807, 2.05) is 0 Å². The number of hydrogen-bond acceptors (Lipinski definition) is 5. The molecule has 0 bridgehead atoms. The summed E-state index contributed by atoms with van der Waals surface area (Å²) in [5, 5.41) is 6.54. The highest BCUT2D eigenvalue weighted by molar-refractivity contribution is 6.08. The Hall–Kier alpha value is -3.89. The monoisotopic (exact) mass is 473 g/mol. The molecule has 1 fully saturated rings. The van der Waals surface area contributed by atoms with E-state index in [1.165, 1.54) is 31.5 Å². The maximum absolute atomic E-state index is 14.7. The number of benzene rings is 1. The Bertz CT molecular complexity index is 1390. The van der Waals surface area contributed by atoms with Crippen LogP contribution in [0.15, 0.2) is 41.2 Å². The van der Waals surface area contributed by atoms with Crippen LogP contribution in [0.1, 0.15) is 30.3 Å². The minimum Gasteiger partial charge on any atom is -0.359 e. The lowest BCUT2D eigenvalue weighted by Crippen LogP contribution is -2.40. The zero-order valence-corrected chi connectivity index (χ0v) is 18.0. The molecule has 5 rings (SSSR count). The maximum atomic E-state index is 14.7. The number of carbonyl (C=O) groups is 1. The highest BCUT2D eigenvalue weighted by Gasteiger charge is 2.31. The molecule has 2 N–H and O–H groups in total. The molecule has 11 heteroatoms. The fourth-order valence-electron chi connectivity index (χ4n) is 3.91. The number of aromatic nitrogens is 3. The van der Waals surface area contributed by atoms with E-state index in [2.05, 4.69) is 20.4 Å². The normalized spacial score (nSPS) is 15.6. The predicted molar refractivity (Wildman–Crippen MR) is 117 cm³/mol. The molecule has 0 aliphatic carbocycles. The van der Waals surface area contributed by atoms with Gasteiger partial charge in [0.1, 0.15) is 5.67 Å². The summed E-state index contributed by atoms with van der Waals surface area (Å²) < 4.78 is 60.9. The number of rotatable bonds is 4. The molecule has 0 saturated carbocycles. The van der Waals surface area contributed by atoms with E-state index >= 15 is 0 Å². The molecule has 1 aromatic carbocycles. The summed E-state index contributed by atoms with van der Waals surface area (Å²) in [5.41, 5.74) is -0.562. The third kappa shape index (κ3) is 4.09. The van der Waals surface area contributed by atoms with Crippen molar-refractivity contribution in [1.82, 2.24) is 15.1 Å². The number of halogens is 4. The van der Waals surface area contributed by atoms with Gasteiger partial charge in [0.25, 0.3) is 5.91 Å². The molecule has 1 amide bonds. The van der Waals surface area contributed by atoms with Crippen LogP contribution in [0.5, 0.6) is 0 Å². The van der Waals surface area contributed by atoms with Crippen LogP contribution in [0, 0.1) is 17.5 Å². The predicted octanol–water partition coefficient (Wildman–Crippen LogP) is 5.22. The first-order valence-electron chi connectivity index (χ1n) is 10.5. The second-order valence-electron chi connectivity index (χ2n) is 8.47. The lowest BCUT2D eigenvalue weighted by atomic mass is 9.96. The minimum atomic E-state index is -1.26. The summed E-state index contributed by atoms with van der Waals surface area (Å²) in [6.45, 7) is 2.24. The lowest BCUT2D eigenvalue weighted by molar-refractivity contribution is 0.101. The minimum absolute atomic E-state index is 0.102. The molecule has 1 saturated heterocycles. The zero-order valence-electron chi connectivity index (χ0n) is 18.0. The van der Waals surface area contributed by atoms with E-state index < -0.39 is 29.0 Å². The number of anilines is 2. The number of pyridine rings is 1. The lowest BCUT2D eigenvalue weighted by Gasteiger charge is -2.34. The Morgan fingerprint density at radius 1 is 1.12 bits per heavy atom. The average molecular weight is 473 g/mol. The molecule has 0 spiro atoms. The van der Waals surface area contributed by atoms with Gasteiger partial charge in [0, 0.05) is 48.6 Å². The van der Waals surface area contributed by atoms with Crippen LogP contribution < -0.4 is 10.2 Å². The van der Waals surface area contributed by atoms with Gasteiger partial charge in [-0.15, -0.1) is 0 Å². The average Bonchev–Trinajstić information content (AvgIpc) is 3.43. The molecule has 0 unspecified atom stereocenters. The van der Waals surface area contributed by atoms with E-state index in [1.54, 1.807) is 4.90 Å². The van der Waals surface area contributed by atoms with Crippen LogP contribution in [0.2, 0.25) is 0 Å². The Morgan fingerprint density at radius 3 is 2.59 bits per heavy atom. The highest BCUT2D eigenvalue weighted by Crippen LogP contribution is 2.31. The molecule has 34 heavy (non-hydrogen) atoms. The van der Waals surface area contributed by atoms with Crippen molar-refractivity contribution < 1.29 is 26.9 Å². The summed E-state index contributed by atoms with van der Waals surface area (Å²) in [7, 11) is 0. The smallest absolute Gasteiger partial charge is 0.277 e. The summed E-state index contributed by atoms with van der Waals surface area (Å²) in [5.74, 6) is -3.08. The Labute approximate surface area is 190 Å². The van der Waals surface area contributed by atoms with Gasteiger partial charge in [-0.3, -0.25) is 4.79 Å². The van der Waals surface area contributed by atoms with E-state index in [0.29, 0.717) is 18.6 Å². The summed E-state index contributed by atoms with van der Waals surface area (Å²) in [6.07, 6.45) is 3.36. The molecule has 3 aromatic heterocycles. The van der Waals surface area contributed by atoms with E-state index in [9.17, 15) is 22.4 Å². The molecular weight excluding hydrogens is 454 g/mol. The van der Waals surface area contributed by atoms with Gasteiger partial charge in [-0.25, -0.2) is 22.5 Å². The molecule has 1 aliphatic heterocycles. The second-order valence-corrected chi connectivity index (χ2v) is 8.47. The van der Waals surface area contributed by atoms with E-state index in [-0.39, 0.29) is 46.8 Å². The first-order valence-corrected chi connectivity index (χ1v) is 10.5. The van der Waals surface area contributed by atoms with Crippen molar-refractivity contribution in [2.75, 3.05) is 23.3 Å². The van der Waals surface area contributed by atoms with Crippen molar-refractivity contribution in [2.45, 2.75) is 25.4 Å². The molecule has 176 valence electrons. The fraction of sp³-hybridized carbons (Fsp3) is 0.261. The van der Waals surface area contributed by atoms with Crippen LogP contribution in [0.4, 0.5) is 29.1 Å². The van der Waals surface area contributed by atoms with Gasteiger partial charge in [-0.05, 0) is 31.9 Å². The van der Waals surface area contributed by atoms with Crippen molar-refractivity contribution in [2.24, 2.45) is 0 Å². The number of hydrogen-bond donors (Lipinski definition) is 2. The molecular formula is C23H19F4N5O2. The van der Waals surface area contributed by atoms with Crippen molar-refractivity contribution in [1.29, 1.82) is 0 Å². The largest absolute Gasteiger partial charge is 0.359 e. The number of amides is 1. The van der Waals surface area contributed by atoms with Crippen LogP contribution in [0.3, 0.4) is 0 Å². The molecule has 4 heterocycles. The van der Waals surface area contributed by atoms with E-state index in [0.717, 1.165) is 12.1 Å². The first kappa shape index (κ1) is 21.9. The van der Waals surface area contributed by atoms with Crippen LogP contribution in [0.25, 0.3) is 22.2 Å². The van der Waals surface area contributed by atoms with Gasteiger partial charge in [-0.1, -0.05) is 5.16 Å². The third-order valence-corrected chi connectivity index (χ3v) is 5.93. The fourth-order valence-corrected chi connectivity index (χ4v) is 3.91. The van der Waals surface area contributed by atoms with E-state index in [4.69, 9.17) is 4.52 Å². The van der Waals surface area contributed by atoms with Crippen molar-refractivity contribution in [3.05, 3.63) is 59.8 Å². The number of aromatic amines is 1. The van der Waals surface area contributed by atoms with Gasteiger partial charge in [0.05, 0.1) is 11.2 Å². The molecule has 4 aromatic rings. The zero-order chi connectivity index (χ0) is 24.0. The van der Waals surface area contributed by atoms with Gasteiger partial charge in [0.2, 0.25) is 0 Å². The SMILES string of the molecule is CC1(F)CCN(c2ncc(-c3cc(C(=O)Nc4c[nH]c5cc(F)c(F)cc45)no3)cc2F)CC1. The Balaban J connectivity index is 1.32. The molecule has 0 atom stereocenters. The second kappa shape index (κ2) is 8.15. The van der Waals surface area contributed by atoms with Gasteiger partial charge in [-0.2, -0.15) is 0 Å². The van der Waals surface area contributed by atoms with Gasteiger partial charge >= 0.3 is 0 Å². The topological polar surface area (TPSA) is 87.0 Å². The van der Waals surface area contributed by atoms with Crippen LogP contribution in [-0.2, 0) is 0 Å². The summed E-state index contributed by atoms with van der Waals surface area (Å²) in [6, 6.07) is 4.48. The number of fused-ring (bicyclic) bond motifs is 1. The van der Waals surface area contributed by atoms with Crippen LogP contribution >= 0.6 is 0 Å². The number of nitrogens with one attached hydrogen (secondary N) is 2. The number of nitrogens with zero attached hydrogens (tertiary/aromatic N) is 3. The maximum Gasteiger partial charge on any atom is 0.277 e. The van der Waals surface area contributed by atoms with Crippen molar-refractivity contribution in [3.63, 3.8) is 0 Å². The number of alkyl halides is 1. The van der Waals surface area contributed by atoms with Crippen molar-refractivity contribution >= 4 is 28.3 Å². The van der Waals surface area contributed by atoms with Gasteiger partial charge in [0.15, 0.2) is 34.7 Å². The first-order chi connectivity index (χ1) is 16.2. The molecule has 7 nitrogen and oxygen atoms in total. The van der Waals surface area contributed by atoms with Crippen molar-refractivity contribution in [3.8, 4) is 11.3 Å². The number of piperidine rings is 1. The molecule has 0 radical (unpaired) electrons. The quantitative estimate of drug-likeness (QED) is 0.397. The third-order valence-electron chi connectivity index (χ3n) is 5.93. The summed E-state index contributed by atoms with van der Waals surface area (Å²) >= 11 is 0. The van der Waals surface area contributed by atoms with Crippen LogP contribution in [-0.4, -0.2) is 39.8 Å².